The molecule has 0 aliphatic heterocycles. The second-order valence-corrected chi connectivity index (χ2v) is 8.33. The zero-order valence-electron chi connectivity index (χ0n) is 18.7. The number of aromatic nitrogens is 3. The molecule has 3 rings (SSSR count). The molecule has 2 N–H and O–H groups in total. The fourth-order valence-corrected chi connectivity index (χ4v) is 3.94. The second-order valence-electron chi connectivity index (χ2n) is 7.39. The number of hydrogen-bond donors (Lipinski definition) is 2. The number of allylic oxidation sites excluding steroid dienone is 1. The highest BCUT2D eigenvalue weighted by molar-refractivity contribution is 7.99. The molecule has 0 spiro atoms. The molecule has 10 nitrogen and oxygen atoms in total. The Morgan fingerprint density at radius 3 is 2.56 bits per heavy atom. The van der Waals surface area contributed by atoms with Crippen molar-refractivity contribution < 1.29 is 14.5 Å². The van der Waals surface area contributed by atoms with Crippen molar-refractivity contribution in [2.45, 2.75) is 31.6 Å². The van der Waals surface area contributed by atoms with Crippen LogP contribution in [0, 0.1) is 17.0 Å². The van der Waals surface area contributed by atoms with Gasteiger partial charge in [0.05, 0.1) is 16.7 Å². The van der Waals surface area contributed by atoms with Gasteiger partial charge in [0, 0.05) is 29.9 Å². The summed E-state index contributed by atoms with van der Waals surface area (Å²) in [6, 6.07) is 12.5. The lowest BCUT2D eigenvalue weighted by Gasteiger charge is -2.16. The summed E-state index contributed by atoms with van der Waals surface area (Å²) in [5, 5.41) is 25.3. The van der Waals surface area contributed by atoms with Crippen molar-refractivity contribution >= 4 is 35.0 Å². The lowest BCUT2D eigenvalue weighted by molar-refractivity contribution is -0.384. The summed E-state index contributed by atoms with van der Waals surface area (Å²) in [7, 11) is 0. The number of hydrogen-bond acceptors (Lipinski definition) is 7. The molecular formula is C23H24N6O4S. The van der Waals surface area contributed by atoms with Crippen LogP contribution in [-0.4, -0.2) is 37.3 Å². The van der Waals surface area contributed by atoms with E-state index in [1.807, 2.05) is 32.0 Å². The van der Waals surface area contributed by atoms with Crippen molar-refractivity contribution in [2.75, 3.05) is 11.1 Å². The van der Waals surface area contributed by atoms with E-state index >= 15 is 0 Å². The van der Waals surface area contributed by atoms with Crippen LogP contribution >= 0.6 is 11.8 Å². The molecule has 34 heavy (non-hydrogen) atoms. The van der Waals surface area contributed by atoms with Gasteiger partial charge in [0.1, 0.15) is 0 Å². The largest absolute Gasteiger partial charge is 0.342 e. The van der Waals surface area contributed by atoms with Crippen molar-refractivity contribution in [1.82, 2.24) is 20.1 Å². The highest BCUT2D eigenvalue weighted by Crippen LogP contribution is 2.22. The van der Waals surface area contributed by atoms with Crippen LogP contribution in [0.2, 0.25) is 0 Å². The molecule has 0 fully saturated rings. The van der Waals surface area contributed by atoms with E-state index in [4.69, 9.17) is 0 Å². The quantitative estimate of drug-likeness (QED) is 0.195. The maximum absolute atomic E-state index is 12.7. The molecule has 176 valence electrons. The van der Waals surface area contributed by atoms with Gasteiger partial charge in [0.25, 0.3) is 11.6 Å². The molecule has 2 amide bonds. The number of aryl methyl sites for hydroxylation is 1. The van der Waals surface area contributed by atoms with E-state index < -0.39 is 11.0 Å². The second kappa shape index (κ2) is 11.2. The lowest BCUT2D eigenvalue weighted by Crippen LogP contribution is -2.29. The Morgan fingerprint density at radius 1 is 1.21 bits per heavy atom. The molecule has 11 heteroatoms. The Kier molecular flexibility index (Phi) is 8.14. The fourth-order valence-electron chi connectivity index (χ4n) is 3.19. The van der Waals surface area contributed by atoms with E-state index in [9.17, 15) is 19.7 Å². The van der Waals surface area contributed by atoms with Crippen molar-refractivity contribution in [2.24, 2.45) is 0 Å². The summed E-state index contributed by atoms with van der Waals surface area (Å²) >= 11 is 1.19. The molecule has 0 saturated heterocycles. The molecule has 0 unspecified atom stereocenters. The highest BCUT2D eigenvalue weighted by atomic mass is 32.2. The minimum absolute atomic E-state index is 0.0518. The number of nitrogens with one attached hydrogen (secondary N) is 2. The van der Waals surface area contributed by atoms with Gasteiger partial charge in [-0.05, 0) is 37.6 Å². The van der Waals surface area contributed by atoms with E-state index in [1.165, 1.54) is 36.0 Å². The number of nitro benzene ring substituents is 1. The third kappa shape index (κ3) is 6.07. The molecule has 3 aromatic rings. The van der Waals surface area contributed by atoms with Gasteiger partial charge in [-0.1, -0.05) is 36.0 Å². The van der Waals surface area contributed by atoms with Crippen LogP contribution in [0.3, 0.4) is 0 Å². The van der Waals surface area contributed by atoms with Gasteiger partial charge in [-0.15, -0.1) is 16.8 Å². The van der Waals surface area contributed by atoms with Gasteiger partial charge in [0.2, 0.25) is 5.91 Å². The lowest BCUT2D eigenvalue weighted by atomic mass is 10.1. The van der Waals surface area contributed by atoms with Crippen molar-refractivity contribution in [3.05, 3.63) is 88.3 Å². The number of rotatable bonds is 10. The van der Waals surface area contributed by atoms with Gasteiger partial charge in [-0.3, -0.25) is 19.7 Å². The minimum Gasteiger partial charge on any atom is -0.342 e. The molecule has 0 bridgehead atoms. The summed E-state index contributed by atoms with van der Waals surface area (Å²) in [6.45, 7) is 7.86. The third-order valence-electron chi connectivity index (χ3n) is 4.88. The van der Waals surface area contributed by atoms with Crippen LogP contribution in [0.15, 0.2) is 66.3 Å². The number of nitro groups is 1. The molecule has 0 saturated carbocycles. The number of non-ortho nitro benzene ring substituents is 1. The molecule has 2 aromatic carbocycles. The monoisotopic (exact) mass is 480 g/mol. The van der Waals surface area contributed by atoms with Crippen LogP contribution in [0.25, 0.3) is 0 Å². The third-order valence-corrected chi connectivity index (χ3v) is 5.84. The van der Waals surface area contributed by atoms with Crippen LogP contribution in [0.1, 0.15) is 34.7 Å². The maximum Gasteiger partial charge on any atom is 0.269 e. The van der Waals surface area contributed by atoms with E-state index in [-0.39, 0.29) is 23.3 Å². The van der Waals surface area contributed by atoms with E-state index in [0.717, 1.165) is 5.56 Å². The summed E-state index contributed by atoms with van der Waals surface area (Å²) in [5.41, 5.74) is 1.86. The van der Waals surface area contributed by atoms with Gasteiger partial charge in [-0.2, -0.15) is 0 Å². The molecule has 0 aliphatic carbocycles. The standard InChI is InChI=1S/C23H24N6O4S/c1-4-13-28-21(16(3)24-22(31)19-8-6-5-7-15(19)2)26-27-23(28)34-14-20(30)25-17-9-11-18(12-10-17)29(32)33/h4-12,16H,1,13-14H2,2-3H3,(H,24,31)(H,25,30)/t16-/m0/s1. The number of carbonyl (C=O) groups excluding carboxylic acids is 2. The average Bonchev–Trinajstić information content (AvgIpc) is 3.21. The first-order valence-electron chi connectivity index (χ1n) is 10.4. The van der Waals surface area contributed by atoms with Crippen LogP contribution in [0.5, 0.6) is 0 Å². The first kappa shape index (κ1) is 24.6. The number of nitrogens with zero attached hydrogens (tertiary/aromatic N) is 4. The van der Waals surface area contributed by atoms with Crippen molar-refractivity contribution in [3.8, 4) is 0 Å². The normalized spacial score (nSPS) is 11.5. The van der Waals surface area contributed by atoms with E-state index in [1.54, 1.807) is 16.7 Å². The first-order valence-corrected chi connectivity index (χ1v) is 11.4. The zero-order valence-corrected chi connectivity index (χ0v) is 19.5. The smallest absolute Gasteiger partial charge is 0.269 e. The molecule has 1 aromatic heterocycles. The average molecular weight is 481 g/mol. The Labute approximate surface area is 200 Å². The topological polar surface area (TPSA) is 132 Å². The van der Waals surface area contributed by atoms with Gasteiger partial charge >= 0.3 is 0 Å². The number of benzene rings is 2. The Bertz CT molecular complexity index is 1210. The zero-order chi connectivity index (χ0) is 24.7. The summed E-state index contributed by atoms with van der Waals surface area (Å²) in [4.78, 5) is 35.3. The Hall–Kier alpha value is -3.99. The van der Waals surface area contributed by atoms with Crippen molar-refractivity contribution in [1.29, 1.82) is 0 Å². The van der Waals surface area contributed by atoms with Crippen LogP contribution in [0.4, 0.5) is 11.4 Å². The highest BCUT2D eigenvalue weighted by Gasteiger charge is 2.21. The molecule has 1 atom stereocenters. The van der Waals surface area contributed by atoms with Crippen LogP contribution < -0.4 is 10.6 Å². The summed E-state index contributed by atoms with van der Waals surface area (Å²) in [6.07, 6.45) is 1.68. The molecule has 0 radical (unpaired) electrons. The van der Waals surface area contributed by atoms with Gasteiger partial charge in [-0.25, -0.2) is 0 Å². The number of thioether (sulfide) groups is 1. The number of anilines is 1. The minimum atomic E-state index is -0.504. The Morgan fingerprint density at radius 2 is 1.91 bits per heavy atom. The SMILES string of the molecule is C=CCn1c(SCC(=O)Nc2ccc([N+](=O)[O-])cc2)nnc1[C@H](C)NC(=O)c1ccccc1C. The first-order chi connectivity index (χ1) is 16.3. The number of carbonyl (C=O) groups is 2. The Balaban J connectivity index is 1.65. The predicted molar refractivity (Wildman–Crippen MR) is 130 cm³/mol. The molecule has 1 heterocycles. The van der Waals surface area contributed by atoms with Gasteiger partial charge < -0.3 is 15.2 Å². The maximum atomic E-state index is 12.7. The summed E-state index contributed by atoms with van der Waals surface area (Å²) in [5.74, 6) is 0.0842. The van der Waals surface area contributed by atoms with E-state index in [2.05, 4.69) is 27.4 Å². The number of amides is 2. The fraction of sp³-hybridized carbons (Fsp3) is 0.217. The molecule has 0 aliphatic rings. The van der Waals surface area contributed by atoms with Crippen molar-refractivity contribution in [3.63, 3.8) is 0 Å². The van der Waals surface area contributed by atoms with Crippen LogP contribution in [-0.2, 0) is 11.3 Å². The van der Waals surface area contributed by atoms with E-state index in [0.29, 0.717) is 28.8 Å². The molecular weight excluding hydrogens is 456 g/mol. The summed E-state index contributed by atoms with van der Waals surface area (Å²) < 4.78 is 1.79. The predicted octanol–water partition coefficient (Wildman–Crippen LogP) is 3.90. The van der Waals surface area contributed by atoms with Gasteiger partial charge in [0.15, 0.2) is 11.0 Å².